The molecule has 19 heavy (non-hydrogen) atoms. The van der Waals surface area contributed by atoms with E-state index in [-0.39, 0.29) is 11.1 Å². The van der Waals surface area contributed by atoms with E-state index in [1.807, 2.05) is 0 Å². The largest absolute Gasteiger partial charge is 0.381 e. The van der Waals surface area contributed by atoms with Crippen LogP contribution in [0.2, 0.25) is 0 Å². The molecule has 3 fully saturated rings. The maximum Gasteiger partial charge on any atom is 0.0729 e. The summed E-state index contributed by atoms with van der Waals surface area (Å²) in [7, 11) is 0. The molecule has 0 bridgehead atoms. The molecule has 0 aromatic rings. The predicted molar refractivity (Wildman–Crippen MR) is 76.0 cm³/mol. The Balaban J connectivity index is 1.67. The fourth-order valence-electron chi connectivity index (χ4n) is 4.32. The SMILES string of the molecule is CC1CCC(N)(C2CCOC3(CCOCC3)C2)CC1. The maximum atomic E-state index is 6.80. The van der Waals surface area contributed by atoms with Crippen molar-refractivity contribution in [1.29, 1.82) is 0 Å². The van der Waals surface area contributed by atoms with Gasteiger partial charge in [0.1, 0.15) is 0 Å². The molecular formula is C16H29NO2. The highest BCUT2D eigenvalue weighted by Gasteiger charge is 2.46. The van der Waals surface area contributed by atoms with Crippen molar-refractivity contribution in [1.82, 2.24) is 0 Å². The lowest BCUT2D eigenvalue weighted by Gasteiger charge is -2.50. The number of hydrogen-bond donors (Lipinski definition) is 1. The van der Waals surface area contributed by atoms with Crippen LogP contribution in [0.4, 0.5) is 0 Å². The summed E-state index contributed by atoms with van der Waals surface area (Å²) < 4.78 is 11.7. The van der Waals surface area contributed by atoms with Gasteiger partial charge in [-0.3, -0.25) is 0 Å². The van der Waals surface area contributed by atoms with E-state index in [2.05, 4.69) is 6.92 Å². The summed E-state index contributed by atoms with van der Waals surface area (Å²) in [6.07, 6.45) is 9.51. The third kappa shape index (κ3) is 2.84. The average molecular weight is 267 g/mol. The molecule has 0 aromatic heterocycles. The summed E-state index contributed by atoms with van der Waals surface area (Å²) in [6, 6.07) is 0. The van der Waals surface area contributed by atoms with Crippen LogP contribution < -0.4 is 5.73 Å². The molecule has 3 rings (SSSR count). The molecule has 3 heteroatoms. The first-order valence-electron chi connectivity index (χ1n) is 8.13. The Hall–Kier alpha value is -0.120. The minimum atomic E-state index is 0.0849. The number of nitrogens with two attached hydrogens (primary N) is 1. The van der Waals surface area contributed by atoms with Crippen LogP contribution in [0, 0.1) is 11.8 Å². The first-order chi connectivity index (χ1) is 9.12. The second-order valence-electron chi connectivity index (χ2n) is 7.25. The van der Waals surface area contributed by atoms with Crippen LogP contribution in [-0.2, 0) is 9.47 Å². The van der Waals surface area contributed by atoms with Gasteiger partial charge in [0, 0.05) is 25.4 Å². The first kappa shape index (κ1) is 13.8. The Labute approximate surface area is 117 Å². The van der Waals surface area contributed by atoms with E-state index in [1.54, 1.807) is 0 Å². The minimum Gasteiger partial charge on any atom is -0.381 e. The molecule has 3 aliphatic rings. The van der Waals surface area contributed by atoms with Crippen molar-refractivity contribution < 1.29 is 9.47 Å². The van der Waals surface area contributed by atoms with Crippen molar-refractivity contribution in [2.75, 3.05) is 19.8 Å². The van der Waals surface area contributed by atoms with Gasteiger partial charge in [-0.1, -0.05) is 6.92 Å². The second-order valence-corrected chi connectivity index (χ2v) is 7.25. The van der Waals surface area contributed by atoms with Crippen LogP contribution in [-0.4, -0.2) is 31.0 Å². The van der Waals surface area contributed by atoms with Crippen molar-refractivity contribution in [2.24, 2.45) is 17.6 Å². The Kier molecular flexibility index (Phi) is 3.89. The predicted octanol–water partition coefficient (Wildman–Crippen LogP) is 2.87. The van der Waals surface area contributed by atoms with Gasteiger partial charge < -0.3 is 15.2 Å². The summed E-state index contributed by atoms with van der Waals surface area (Å²) in [5.74, 6) is 1.53. The molecule has 110 valence electrons. The van der Waals surface area contributed by atoms with E-state index in [9.17, 15) is 0 Å². The highest BCUT2D eigenvalue weighted by atomic mass is 16.5. The molecule has 2 aliphatic heterocycles. The second kappa shape index (κ2) is 5.34. The number of hydrogen-bond acceptors (Lipinski definition) is 3. The quantitative estimate of drug-likeness (QED) is 0.794. The molecule has 1 atom stereocenters. The molecule has 2 saturated heterocycles. The van der Waals surface area contributed by atoms with Gasteiger partial charge in [-0.05, 0) is 63.2 Å². The van der Waals surface area contributed by atoms with Crippen LogP contribution in [0.15, 0.2) is 0 Å². The van der Waals surface area contributed by atoms with Gasteiger partial charge in [-0.2, -0.15) is 0 Å². The van der Waals surface area contributed by atoms with E-state index < -0.39 is 0 Å². The fraction of sp³-hybridized carbons (Fsp3) is 1.00. The highest BCUT2D eigenvalue weighted by Crippen LogP contribution is 2.45. The summed E-state index contributed by atoms with van der Waals surface area (Å²) in [4.78, 5) is 0. The van der Waals surface area contributed by atoms with Crippen LogP contribution in [0.1, 0.15) is 58.3 Å². The molecule has 0 radical (unpaired) electrons. The normalized spacial score (nSPS) is 43.3. The summed E-state index contributed by atoms with van der Waals surface area (Å²) in [5, 5.41) is 0. The Morgan fingerprint density at radius 2 is 1.63 bits per heavy atom. The standard InChI is InChI=1S/C16H29NO2/c1-13-2-5-16(17,6-3-13)14-4-9-19-15(12-14)7-10-18-11-8-15/h13-14H,2-12,17H2,1H3. The van der Waals surface area contributed by atoms with Crippen LogP contribution in [0.5, 0.6) is 0 Å². The molecule has 2 heterocycles. The molecule has 2 N–H and O–H groups in total. The fourth-order valence-corrected chi connectivity index (χ4v) is 4.32. The van der Waals surface area contributed by atoms with Crippen LogP contribution >= 0.6 is 0 Å². The summed E-state index contributed by atoms with van der Waals surface area (Å²) in [6.45, 7) is 4.99. The van der Waals surface area contributed by atoms with Gasteiger partial charge >= 0.3 is 0 Å². The van der Waals surface area contributed by atoms with Gasteiger partial charge in [0.2, 0.25) is 0 Å². The van der Waals surface area contributed by atoms with Crippen molar-refractivity contribution in [2.45, 2.75) is 69.4 Å². The Bertz CT molecular complexity index is 298. The van der Waals surface area contributed by atoms with Gasteiger partial charge in [0.15, 0.2) is 0 Å². The van der Waals surface area contributed by atoms with E-state index in [1.165, 1.54) is 32.1 Å². The van der Waals surface area contributed by atoms with Gasteiger partial charge in [0.05, 0.1) is 5.60 Å². The summed E-state index contributed by atoms with van der Waals surface area (Å²) >= 11 is 0. The molecule has 0 amide bonds. The van der Waals surface area contributed by atoms with E-state index >= 15 is 0 Å². The van der Waals surface area contributed by atoms with Gasteiger partial charge in [-0.25, -0.2) is 0 Å². The third-order valence-electron chi connectivity index (χ3n) is 5.92. The topological polar surface area (TPSA) is 44.5 Å². The van der Waals surface area contributed by atoms with Crippen molar-refractivity contribution in [3.63, 3.8) is 0 Å². The molecule has 1 saturated carbocycles. The average Bonchev–Trinajstić information content (AvgIpc) is 2.43. The maximum absolute atomic E-state index is 6.80. The molecule has 1 unspecified atom stereocenters. The lowest BCUT2D eigenvalue weighted by atomic mass is 9.65. The van der Waals surface area contributed by atoms with Crippen LogP contribution in [0.25, 0.3) is 0 Å². The molecule has 0 aromatic carbocycles. The smallest absolute Gasteiger partial charge is 0.0729 e. The third-order valence-corrected chi connectivity index (χ3v) is 5.92. The van der Waals surface area contributed by atoms with E-state index in [4.69, 9.17) is 15.2 Å². The lowest BCUT2D eigenvalue weighted by molar-refractivity contribution is -0.156. The zero-order chi connectivity index (χ0) is 13.3. The summed E-state index contributed by atoms with van der Waals surface area (Å²) in [5.41, 5.74) is 6.98. The zero-order valence-corrected chi connectivity index (χ0v) is 12.3. The zero-order valence-electron chi connectivity index (χ0n) is 12.3. The highest BCUT2D eigenvalue weighted by molar-refractivity contribution is 5.00. The van der Waals surface area contributed by atoms with Gasteiger partial charge in [-0.15, -0.1) is 0 Å². The van der Waals surface area contributed by atoms with Crippen molar-refractivity contribution in [3.8, 4) is 0 Å². The van der Waals surface area contributed by atoms with Crippen LogP contribution in [0.3, 0.4) is 0 Å². The molecule has 3 nitrogen and oxygen atoms in total. The lowest BCUT2D eigenvalue weighted by Crippen LogP contribution is -2.56. The monoisotopic (exact) mass is 267 g/mol. The number of ether oxygens (including phenoxy) is 2. The van der Waals surface area contributed by atoms with Crippen molar-refractivity contribution >= 4 is 0 Å². The first-order valence-corrected chi connectivity index (χ1v) is 8.13. The van der Waals surface area contributed by atoms with Gasteiger partial charge in [0.25, 0.3) is 0 Å². The van der Waals surface area contributed by atoms with E-state index in [0.29, 0.717) is 5.92 Å². The Morgan fingerprint density at radius 3 is 2.32 bits per heavy atom. The minimum absolute atomic E-state index is 0.0849. The molecule has 1 aliphatic carbocycles. The van der Waals surface area contributed by atoms with E-state index in [0.717, 1.165) is 45.0 Å². The number of rotatable bonds is 1. The molecule has 1 spiro atoms. The Morgan fingerprint density at radius 1 is 0.947 bits per heavy atom. The van der Waals surface area contributed by atoms with Crippen molar-refractivity contribution in [3.05, 3.63) is 0 Å². The molecular weight excluding hydrogens is 238 g/mol.